The van der Waals surface area contributed by atoms with Gasteiger partial charge in [-0.25, -0.2) is 0 Å². The first-order valence-electron chi connectivity index (χ1n) is 12.4. The Hall–Kier alpha value is -1.92. The van der Waals surface area contributed by atoms with Gasteiger partial charge < -0.3 is 10.6 Å². The average Bonchev–Trinajstić information content (AvgIpc) is 2.71. The summed E-state index contributed by atoms with van der Waals surface area (Å²) in [6.45, 7) is 13.6. The second kappa shape index (κ2) is 11.8. The molecule has 1 heterocycles. The zero-order chi connectivity index (χ0) is 23.1. The molecule has 1 saturated heterocycles. The van der Waals surface area contributed by atoms with E-state index in [-0.39, 0.29) is 11.8 Å². The summed E-state index contributed by atoms with van der Waals surface area (Å²) in [4.78, 5) is 29.2. The van der Waals surface area contributed by atoms with Crippen LogP contribution in [0.4, 0.5) is 0 Å². The molecule has 1 aromatic rings. The SMILES string of the molecule is Cc1cc(C)c(CCNC(=O)CN2CCN(CC(=O)NC3CCCC(C)C3)CC2)c(C)c1. The van der Waals surface area contributed by atoms with Gasteiger partial charge >= 0.3 is 0 Å². The molecule has 3 rings (SSSR count). The summed E-state index contributed by atoms with van der Waals surface area (Å²) in [7, 11) is 0. The van der Waals surface area contributed by atoms with Crippen molar-refractivity contribution in [2.75, 3.05) is 45.8 Å². The van der Waals surface area contributed by atoms with E-state index < -0.39 is 0 Å². The molecular formula is C26H42N4O2. The van der Waals surface area contributed by atoms with Crippen molar-refractivity contribution in [1.29, 1.82) is 0 Å². The summed E-state index contributed by atoms with van der Waals surface area (Å²) in [6.07, 6.45) is 5.59. The van der Waals surface area contributed by atoms with Gasteiger partial charge in [0.2, 0.25) is 11.8 Å². The van der Waals surface area contributed by atoms with Crippen LogP contribution in [-0.4, -0.2) is 73.5 Å². The molecule has 2 N–H and O–H groups in total. The third-order valence-electron chi connectivity index (χ3n) is 7.04. The van der Waals surface area contributed by atoms with Gasteiger partial charge in [-0.1, -0.05) is 37.5 Å². The third-order valence-corrected chi connectivity index (χ3v) is 7.04. The molecule has 0 spiro atoms. The minimum absolute atomic E-state index is 0.0880. The Morgan fingerprint density at radius 3 is 2.12 bits per heavy atom. The second-order valence-corrected chi connectivity index (χ2v) is 10.1. The molecular weight excluding hydrogens is 400 g/mol. The van der Waals surface area contributed by atoms with E-state index >= 15 is 0 Å². The molecule has 0 bridgehead atoms. The van der Waals surface area contributed by atoms with Crippen molar-refractivity contribution in [2.24, 2.45) is 5.92 Å². The average molecular weight is 443 g/mol. The lowest BCUT2D eigenvalue weighted by Crippen LogP contribution is -2.52. The predicted octanol–water partition coefficient (Wildman–Crippen LogP) is 2.58. The number of carbonyl (C=O) groups is 2. The van der Waals surface area contributed by atoms with Gasteiger partial charge in [-0.2, -0.15) is 0 Å². The number of hydrogen-bond acceptors (Lipinski definition) is 4. The maximum atomic E-state index is 12.4. The molecule has 0 aromatic heterocycles. The lowest BCUT2D eigenvalue weighted by Gasteiger charge is -2.34. The Bertz CT molecular complexity index is 763. The van der Waals surface area contributed by atoms with Gasteiger partial charge in [0, 0.05) is 38.8 Å². The molecule has 1 aliphatic carbocycles. The van der Waals surface area contributed by atoms with Gasteiger partial charge in [-0.05, 0) is 62.6 Å². The van der Waals surface area contributed by atoms with Gasteiger partial charge in [0.25, 0.3) is 0 Å². The van der Waals surface area contributed by atoms with E-state index in [2.05, 4.69) is 60.3 Å². The number of amides is 2. The van der Waals surface area contributed by atoms with E-state index in [1.807, 2.05) is 0 Å². The number of piperazine rings is 1. The van der Waals surface area contributed by atoms with E-state index in [9.17, 15) is 9.59 Å². The number of nitrogens with zero attached hydrogens (tertiary/aromatic N) is 2. The molecule has 2 unspecified atom stereocenters. The lowest BCUT2D eigenvalue weighted by molar-refractivity contribution is -0.125. The van der Waals surface area contributed by atoms with E-state index in [0.717, 1.165) is 45.4 Å². The quantitative estimate of drug-likeness (QED) is 0.650. The molecule has 6 heteroatoms. The minimum atomic E-state index is 0.0880. The highest BCUT2D eigenvalue weighted by atomic mass is 16.2. The van der Waals surface area contributed by atoms with Crippen LogP contribution in [0.15, 0.2) is 12.1 Å². The maximum absolute atomic E-state index is 12.4. The van der Waals surface area contributed by atoms with E-state index in [1.165, 1.54) is 35.1 Å². The molecule has 178 valence electrons. The number of aryl methyl sites for hydroxylation is 3. The van der Waals surface area contributed by atoms with E-state index in [0.29, 0.717) is 31.6 Å². The summed E-state index contributed by atoms with van der Waals surface area (Å²) in [5.41, 5.74) is 5.23. The van der Waals surface area contributed by atoms with Crippen molar-refractivity contribution in [3.63, 3.8) is 0 Å². The second-order valence-electron chi connectivity index (χ2n) is 10.1. The van der Waals surface area contributed by atoms with Crippen molar-refractivity contribution in [1.82, 2.24) is 20.4 Å². The van der Waals surface area contributed by atoms with Crippen LogP contribution in [-0.2, 0) is 16.0 Å². The smallest absolute Gasteiger partial charge is 0.234 e. The molecule has 2 amide bonds. The first kappa shape index (κ1) is 24.7. The molecule has 1 saturated carbocycles. The number of benzene rings is 1. The number of hydrogen-bond donors (Lipinski definition) is 2. The topological polar surface area (TPSA) is 64.7 Å². The van der Waals surface area contributed by atoms with Gasteiger partial charge in [-0.3, -0.25) is 19.4 Å². The van der Waals surface area contributed by atoms with Crippen LogP contribution in [0, 0.1) is 26.7 Å². The summed E-state index contributed by atoms with van der Waals surface area (Å²) < 4.78 is 0. The molecule has 6 nitrogen and oxygen atoms in total. The van der Waals surface area contributed by atoms with Crippen molar-refractivity contribution in [2.45, 2.75) is 65.8 Å². The lowest BCUT2D eigenvalue weighted by atomic mass is 9.87. The number of rotatable bonds is 8. The predicted molar refractivity (Wildman–Crippen MR) is 130 cm³/mol. The molecule has 1 aromatic carbocycles. The first-order chi connectivity index (χ1) is 15.3. The Morgan fingerprint density at radius 1 is 0.938 bits per heavy atom. The highest BCUT2D eigenvalue weighted by molar-refractivity contribution is 5.78. The van der Waals surface area contributed by atoms with E-state index in [1.54, 1.807) is 0 Å². The first-order valence-corrected chi connectivity index (χ1v) is 12.4. The molecule has 2 fully saturated rings. The van der Waals surface area contributed by atoms with Gasteiger partial charge in [0.1, 0.15) is 0 Å². The Labute approximate surface area is 194 Å². The van der Waals surface area contributed by atoms with Crippen molar-refractivity contribution < 1.29 is 9.59 Å². The van der Waals surface area contributed by atoms with Gasteiger partial charge in [0.05, 0.1) is 13.1 Å². The van der Waals surface area contributed by atoms with Crippen LogP contribution in [0.2, 0.25) is 0 Å². The number of nitrogens with one attached hydrogen (secondary N) is 2. The largest absolute Gasteiger partial charge is 0.355 e. The summed E-state index contributed by atoms with van der Waals surface area (Å²) >= 11 is 0. The van der Waals surface area contributed by atoms with Crippen LogP contribution in [0.25, 0.3) is 0 Å². The molecule has 2 atom stereocenters. The van der Waals surface area contributed by atoms with Crippen LogP contribution >= 0.6 is 0 Å². The van der Waals surface area contributed by atoms with Crippen LogP contribution < -0.4 is 10.6 Å². The normalized spacial score (nSPS) is 22.5. The zero-order valence-electron chi connectivity index (χ0n) is 20.5. The Morgan fingerprint density at radius 2 is 1.53 bits per heavy atom. The highest BCUT2D eigenvalue weighted by Gasteiger charge is 2.23. The standard InChI is InChI=1S/C26H42N4O2/c1-19-6-5-7-23(16-19)28-26(32)18-30-12-10-29(11-13-30)17-25(31)27-9-8-24-21(3)14-20(2)15-22(24)4/h14-15,19,23H,5-13,16-18H2,1-4H3,(H,27,31)(H,28,32). The number of carbonyl (C=O) groups excluding carboxylic acids is 2. The van der Waals surface area contributed by atoms with Crippen LogP contribution in [0.5, 0.6) is 0 Å². The van der Waals surface area contributed by atoms with Crippen LogP contribution in [0.3, 0.4) is 0 Å². The Balaban J connectivity index is 1.31. The summed E-state index contributed by atoms with van der Waals surface area (Å²) in [6, 6.07) is 4.77. The third kappa shape index (κ3) is 7.59. The monoisotopic (exact) mass is 442 g/mol. The summed E-state index contributed by atoms with van der Waals surface area (Å²) in [5.74, 6) is 0.954. The fraction of sp³-hybridized carbons (Fsp3) is 0.692. The fourth-order valence-electron chi connectivity index (χ4n) is 5.34. The van der Waals surface area contributed by atoms with Gasteiger partial charge in [0.15, 0.2) is 0 Å². The fourth-order valence-corrected chi connectivity index (χ4v) is 5.34. The molecule has 2 aliphatic rings. The summed E-state index contributed by atoms with van der Waals surface area (Å²) in [5, 5.41) is 6.31. The molecule has 32 heavy (non-hydrogen) atoms. The van der Waals surface area contributed by atoms with Crippen LogP contribution in [0.1, 0.15) is 54.9 Å². The Kier molecular flexibility index (Phi) is 9.11. The molecule has 1 aliphatic heterocycles. The van der Waals surface area contributed by atoms with E-state index in [4.69, 9.17) is 0 Å². The van der Waals surface area contributed by atoms with Crippen molar-refractivity contribution in [3.8, 4) is 0 Å². The minimum Gasteiger partial charge on any atom is -0.355 e. The van der Waals surface area contributed by atoms with Gasteiger partial charge in [-0.15, -0.1) is 0 Å². The van der Waals surface area contributed by atoms with Crippen molar-refractivity contribution >= 4 is 11.8 Å². The van der Waals surface area contributed by atoms with Crippen molar-refractivity contribution in [3.05, 3.63) is 34.4 Å². The molecule has 0 radical (unpaired) electrons. The maximum Gasteiger partial charge on any atom is 0.234 e. The zero-order valence-corrected chi connectivity index (χ0v) is 20.5. The highest BCUT2D eigenvalue weighted by Crippen LogP contribution is 2.23.